The molecule has 23 heavy (non-hydrogen) atoms. The van der Waals surface area contributed by atoms with Crippen molar-refractivity contribution in [3.8, 4) is 0 Å². The van der Waals surface area contributed by atoms with Gasteiger partial charge in [-0.15, -0.1) is 0 Å². The lowest BCUT2D eigenvalue weighted by Crippen LogP contribution is -2.35. The van der Waals surface area contributed by atoms with Crippen molar-refractivity contribution < 1.29 is 9.59 Å². The summed E-state index contributed by atoms with van der Waals surface area (Å²) in [5.74, 6) is -0.253. The molecule has 2 amide bonds. The van der Waals surface area contributed by atoms with Gasteiger partial charge in [0.15, 0.2) is 0 Å². The number of hydrogen-bond donors (Lipinski definition) is 2. The third kappa shape index (κ3) is 5.90. The molecule has 0 saturated carbocycles. The molecule has 0 unspecified atom stereocenters. The average Bonchev–Trinajstić information content (AvgIpc) is 2.59. The maximum absolute atomic E-state index is 11.8. The lowest BCUT2D eigenvalue weighted by Gasteiger charge is -2.07. The molecule has 0 aliphatic carbocycles. The molecule has 5 nitrogen and oxygen atoms in total. The Labute approximate surface area is 136 Å². The predicted octanol–water partition coefficient (Wildman–Crippen LogP) is 1.87. The molecular weight excluding hydrogens is 290 g/mol. The normalized spacial score (nSPS) is 10.1. The average molecular weight is 311 g/mol. The Morgan fingerprint density at radius 2 is 1.74 bits per heavy atom. The zero-order chi connectivity index (χ0) is 16.5. The first-order valence-electron chi connectivity index (χ1n) is 7.66. The Balaban J connectivity index is 1.61. The van der Waals surface area contributed by atoms with Crippen molar-refractivity contribution in [2.75, 3.05) is 13.1 Å². The highest BCUT2D eigenvalue weighted by Crippen LogP contribution is 2.05. The minimum Gasteiger partial charge on any atom is -0.354 e. The summed E-state index contributed by atoms with van der Waals surface area (Å²) < 4.78 is 0. The number of nitrogens with zero attached hydrogens (tertiary/aromatic N) is 1. The van der Waals surface area contributed by atoms with Crippen molar-refractivity contribution in [2.45, 2.75) is 19.8 Å². The number of carbonyl (C=O) groups is 2. The molecule has 1 aromatic carbocycles. The van der Waals surface area contributed by atoms with Gasteiger partial charge in [0.1, 0.15) is 5.69 Å². The molecule has 0 fully saturated rings. The van der Waals surface area contributed by atoms with Gasteiger partial charge in [-0.3, -0.25) is 14.6 Å². The van der Waals surface area contributed by atoms with Crippen LogP contribution >= 0.6 is 0 Å². The fourth-order valence-electron chi connectivity index (χ4n) is 2.07. The number of carbonyl (C=O) groups excluding carboxylic acids is 2. The number of rotatable bonds is 7. The third-order valence-corrected chi connectivity index (χ3v) is 3.39. The fourth-order valence-corrected chi connectivity index (χ4v) is 2.07. The molecule has 120 valence electrons. The molecule has 2 rings (SSSR count). The number of amides is 2. The number of benzene rings is 1. The summed E-state index contributed by atoms with van der Waals surface area (Å²) in [6.45, 7) is 2.83. The molecule has 0 spiro atoms. The lowest BCUT2D eigenvalue weighted by atomic mass is 10.1. The smallest absolute Gasteiger partial charge is 0.269 e. The van der Waals surface area contributed by atoms with Crippen molar-refractivity contribution >= 4 is 11.8 Å². The van der Waals surface area contributed by atoms with Crippen LogP contribution in [-0.4, -0.2) is 29.9 Å². The minimum atomic E-state index is -0.237. The van der Waals surface area contributed by atoms with Crippen LogP contribution in [0, 0.1) is 6.92 Å². The SMILES string of the molecule is Cc1ccc(CCC(=O)NCCNC(=O)c2ccccn2)cc1. The number of aromatic nitrogens is 1. The Kier molecular flexibility index (Phi) is 6.29. The monoisotopic (exact) mass is 311 g/mol. The van der Waals surface area contributed by atoms with E-state index in [1.807, 2.05) is 31.2 Å². The molecule has 0 aliphatic rings. The molecule has 0 atom stereocenters. The van der Waals surface area contributed by atoms with E-state index in [4.69, 9.17) is 0 Å². The maximum Gasteiger partial charge on any atom is 0.269 e. The molecule has 2 N–H and O–H groups in total. The van der Waals surface area contributed by atoms with Gasteiger partial charge < -0.3 is 10.6 Å². The summed E-state index contributed by atoms with van der Waals surface area (Å²) in [5, 5.41) is 5.52. The number of aryl methyl sites for hydroxylation is 2. The summed E-state index contributed by atoms with van der Waals surface area (Å²) in [4.78, 5) is 27.5. The van der Waals surface area contributed by atoms with Crippen LogP contribution < -0.4 is 10.6 Å². The maximum atomic E-state index is 11.8. The summed E-state index contributed by atoms with van der Waals surface area (Å²) in [6.07, 6.45) is 2.73. The lowest BCUT2D eigenvalue weighted by molar-refractivity contribution is -0.121. The second-order valence-corrected chi connectivity index (χ2v) is 5.31. The van der Waals surface area contributed by atoms with Crippen LogP contribution in [0.3, 0.4) is 0 Å². The first kappa shape index (κ1) is 16.7. The highest BCUT2D eigenvalue weighted by molar-refractivity contribution is 5.92. The topological polar surface area (TPSA) is 71.1 Å². The second kappa shape index (κ2) is 8.68. The fraction of sp³-hybridized carbons (Fsp3) is 0.278. The van der Waals surface area contributed by atoms with Crippen molar-refractivity contribution in [2.24, 2.45) is 0 Å². The molecular formula is C18H21N3O2. The van der Waals surface area contributed by atoms with E-state index in [9.17, 15) is 9.59 Å². The molecule has 5 heteroatoms. The van der Waals surface area contributed by atoms with Gasteiger partial charge >= 0.3 is 0 Å². The highest BCUT2D eigenvalue weighted by Gasteiger charge is 2.05. The van der Waals surface area contributed by atoms with E-state index in [1.165, 1.54) is 5.56 Å². The molecule has 0 radical (unpaired) electrons. The summed E-state index contributed by atoms with van der Waals surface area (Å²) in [7, 11) is 0. The van der Waals surface area contributed by atoms with Crippen LogP contribution in [0.4, 0.5) is 0 Å². The minimum absolute atomic E-state index is 0.0161. The first-order valence-corrected chi connectivity index (χ1v) is 7.66. The van der Waals surface area contributed by atoms with E-state index in [1.54, 1.807) is 24.4 Å². The molecule has 2 aromatic rings. The first-order chi connectivity index (χ1) is 11.1. The zero-order valence-electron chi connectivity index (χ0n) is 13.2. The highest BCUT2D eigenvalue weighted by atomic mass is 16.2. The van der Waals surface area contributed by atoms with Gasteiger partial charge in [0, 0.05) is 25.7 Å². The van der Waals surface area contributed by atoms with E-state index in [-0.39, 0.29) is 11.8 Å². The number of nitrogens with one attached hydrogen (secondary N) is 2. The van der Waals surface area contributed by atoms with E-state index in [0.29, 0.717) is 31.6 Å². The van der Waals surface area contributed by atoms with Crippen LogP contribution in [0.15, 0.2) is 48.7 Å². The van der Waals surface area contributed by atoms with Crippen LogP contribution in [0.25, 0.3) is 0 Å². The van der Waals surface area contributed by atoms with Crippen LogP contribution in [0.2, 0.25) is 0 Å². The molecule has 0 saturated heterocycles. The largest absolute Gasteiger partial charge is 0.354 e. The standard InChI is InChI=1S/C18H21N3O2/c1-14-5-7-15(8-6-14)9-10-17(22)20-12-13-21-18(23)16-4-2-3-11-19-16/h2-8,11H,9-10,12-13H2,1H3,(H,20,22)(H,21,23). The van der Waals surface area contributed by atoms with Crippen LogP contribution in [-0.2, 0) is 11.2 Å². The predicted molar refractivity (Wildman–Crippen MR) is 89.1 cm³/mol. The van der Waals surface area contributed by atoms with Crippen molar-refractivity contribution in [3.05, 3.63) is 65.5 Å². The molecule has 0 aliphatic heterocycles. The van der Waals surface area contributed by atoms with Crippen molar-refractivity contribution in [1.29, 1.82) is 0 Å². The number of pyridine rings is 1. The Bertz CT molecular complexity index is 639. The van der Waals surface area contributed by atoms with Gasteiger partial charge in [0.2, 0.25) is 5.91 Å². The summed E-state index contributed by atoms with van der Waals surface area (Å²) in [5.41, 5.74) is 2.73. The summed E-state index contributed by atoms with van der Waals surface area (Å²) in [6, 6.07) is 13.3. The molecule has 0 bridgehead atoms. The van der Waals surface area contributed by atoms with Gasteiger partial charge in [0.05, 0.1) is 0 Å². The third-order valence-electron chi connectivity index (χ3n) is 3.39. The molecule has 1 heterocycles. The van der Waals surface area contributed by atoms with E-state index < -0.39 is 0 Å². The van der Waals surface area contributed by atoms with Crippen LogP contribution in [0.5, 0.6) is 0 Å². The van der Waals surface area contributed by atoms with Gasteiger partial charge in [-0.05, 0) is 31.0 Å². The van der Waals surface area contributed by atoms with Crippen molar-refractivity contribution in [1.82, 2.24) is 15.6 Å². The quantitative estimate of drug-likeness (QED) is 0.767. The van der Waals surface area contributed by atoms with E-state index in [0.717, 1.165) is 5.56 Å². The summed E-state index contributed by atoms with van der Waals surface area (Å²) >= 11 is 0. The van der Waals surface area contributed by atoms with Gasteiger partial charge in [0.25, 0.3) is 5.91 Å². The zero-order valence-corrected chi connectivity index (χ0v) is 13.2. The number of hydrogen-bond acceptors (Lipinski definition) is 3. The van der Waals surface area contributed by atoms with E-state index >= 15 is 0 Å². The Hall–Kier alpha value is -2.69. The second-order valence-electron chi connectivity index (χ2n) is 5.31. The van der Waals surface area contributed by atoms with E-state index in [2.05, 4.69) is 15.6 Å². The van der Waals surface area contributed by atoms with Gasteiger partial charge in [-0.25, -0.2) is 0 Å². The van der Waals surface area contributed by atoms with Crippen molar-refractivity contribution in [3.63, 3.8) is 0 Å². The van der Waals surface area contributed by atoms with Gasteiger partial charge in [-0.1, -0.05) is 35.9 Å². The Morgan fingerprint density at radius 3 is 2.43 bits per heavy atom. The van der Waals surface area contributed by atoms with Gasteiger partial charge in [-0.2, -0.15) is 0 Å². The van der Waals surface area contributed by atoms with Crippen LogP contribution in [0.1, 0.15) is 28.0 Å². The Morgan fingerprint density at radius 1 is 1.00 bits per heavy atom. The molecule has 1 aromatic heterocycles.